The van der Waals surface area contributed by atoms with Crippen LogP contribution in [0.15, 0.2) is 18.3 Å². The number of pyridine rings is 1. The van der Waals surface area contributed by atoms with E-state index in [1.54, 1.807) is 26.2 Å². The zero-order valence-corrected chi connectivity index (χ0v) is 9.83. The molecule has 0 spiro atoms. The summed E-state index contributed by atoms with van der Waals surface area (Å²) in [6, 6.07) is 3.25. The maximum atomic E-state index is 11.3. The SMILES string of the molecule is CN(C)C(=O)CCc1ccc(OB(O)O)cn1. The minimum Gasteiger partial charge on any atom is -0.511 e. The number of nitrogens with zero attached hydrogens (tertiary/aromatic N) is 2. The Morgan fingerprint density at radius 1 is 1.47 bits per heavy atom. The fraction of sp³-hybridized carbons (Fsp3) is 0.400. The summed E-state index contributed by atoms with van der Waals surface area (Å²) >= 11 is 0. The Labute approximate surface area is 100 Å². The average molecular weight is 238 g/mol. The van der Waals surface area contributed by atoms with Gasteiger partial charge in [0.05, 0.1) is 6.20 Å². The van der Waals surface area contributed by atoms with Gasteiger partial charge in [-0.25, -0.2) is 0 Å². The summed E-state index contributed by atoms with van der Waals surface area (Å²) in [5, 5.41) is 17.1. The highest BCUT2D eigenvalue weighted by Gasteiger charge is 2.11. The summed E-state index contributed by atoms with van der Waals surface area (Å²) in [5.41, 5.74) is 0.750. The van der Waals surface area contributed by atoms with Crippen molar-refractivity contribution in [3.8, 4) is 5.75 Å². The second-order valence-corrected chi connectivity index (χ2v) is 3.72. The van der Waals surface area contributed by atoms with Crippen LogP contribution in [0.4, 0.5) is 0 Å². The molecule has 0 saturated carbocycles. The maximum Gasteiger partial charge on any atom is 0.707 e. The van der Waals surface area contributed by atoms with Gasteiger partial charge < -0.3 is 19.6 Å². The Kier molecular flexibility index (Phi) is 4.93. The second-order valence-electron chi connectivity index (χ2n) is 3.72. The first kappa shape index (κ1) is 13.5. The van der Waals surface area contributed by atoms with Crippen LogP contribution in [0.2, 0.25) is 0 Å². The topological polar surface area (TPSA) is 82.9 Å². The van der Waals surface area contributed by atoms with E-state index >= 15 is 0 Å². The summed E-state index contributed by atoms with van der Waals surface area (Å²) in [5.74, 6) is 0.306. The molecule has 1 heterocycles. The van der Waals surface area contributed by atoms with E-state index in [9.17, 15) is 4.79 Å². The predicted octanol–water partition coefficient (Wildman–Crippen LogP) is -0.549. The Morgan fingerprint density at radius 2 is 2.18 bits per heavy atom. The minimum atomic E-state index is -1.85. The molecule has 0 bridgehead atoms. The van der Waals surface area contributed by atoms with E-state index in [2.05, 4.69) is 9.64 Å². The molecule has 1 aromatic rings. The summed E-state index contributed by atoms with van der Waals surface area (Å²) in [6.45, 7) is 0. The van der Waals surface area contributed by atoms with Crippen molar-refractivity contribution >= 4 is 13.2 Å². The predicted molar refractivity (Wildman–Crippen MR) is 62.1 cm³/mol. The number of rotatable bonds is 5. The van der Waals surface area contributed by atoms with Crippen LogP contribution in [-0.2, 0) is 11.2 Å². The molecule has 7 heteroatoms. The highest BCUT2D eigenvalue weighted by atomic mass is 16.6. The Bertz CT molecular complexity index is 367. The van der Waals surface area contributed by atoms with Crippen LogP contribution >= 0.6 is 0 Å². The molecule has 0 fully saturated rings. The molecule has 0 saturated heterocycles. The van der Waals surface area contributed by atoms with Gasteiger partial charge in [-0.05, 0) is 18.6 Å². The minimum absolute atomic E-state index is 0.0397. The Morgan fingerprint density at radius 3 is 2.65 bits per heavy atom. The first-order valence-corrected chi connectivity index (χ1v) is 5.17. The number of amides is 1. The van der Waals surface area contributed by atoms with Gasteiger partial charge in [0.2, 0.25) is 5.91 Å². The van der Waals surface area contributed by atoms with E-state index in [0.717, 1.165) is 5.69 Å². The molecule has 0 aliphatic rings. The van der Waals surface area contributed by atoms with Crippen molar-refractivity contribution in [1.29, 1.82) is 0 Å². The van der Waals surface area contributed by atoms with Crippen LogP contribution in [0.1, 0.15) is 12.1 Å². The van der Waals surface area contributed by atoms with Gasteiger partial charge in [-0.15, -0.1) is 0 Å². The van der Waals surface area contributed by atoms with Gasteiger partial charge >= 0.3 is 7.32 Å². The van der Waals surface area contributed by atoms with Crippen molar-refractivity contribution in [2.75, 3.05) is 14.1 Å². The van der Waals surface area contributed by atoms with E-state index in [1.807, 2.05) is 0 Å². The number of hydrogen-bond donors (Lipinski definition) is 2. The quantitative estimate of drug-likeness (QED) is 0.672. The third-order valence-electron chi connectivity index (χ3n) is 2.13. The molecule has 2 N–H and O–H groups in total. The van der Waals surface area contributed by atoms with Crippen LogP contribution < -0.4 is 4.65 Å². The number of carbonyl (C=O) groups excluding carboxylic acids is 1. The zero-order valence-electron chi connectivity index (χ0n) is 9.83. The molecule has 0 unspecified atom stereocenters. The highest BCUT2D eigenvalue weighted by molar-refractivity contribution is 6.33. The Hall–Kier alpha value is -1.60. The average Bonchev–Trinajstić information content (AvgIpc) is 2.26. The zero-order chi connectivity index (χ0) is 12.8. The van der Waals surface area contributed by atoms with Crippen molar-refractivity contribution < 1.29 is 19.5 Å². The van der Waals surface area contributed by atoms with Crippen LogP contribution in [0.25, 0.3) is 0 Å². The smallest absolute Gasteiger partial charge is 0.511 e. The monoisotopic (exact) mass is 238 g/mol. The molecule has 1 aromatic heterocycles. The molecule has 0 radical (unpaired) electrons. The third-order valence-corrected chi connectivity index (χ3v) is 2.13. The van der Waals surface area contributed by atoms with Crippen molar-refractivity contribution in [2.24, 2.45) is 0 Å². The summed E-state index contributed by atoms with van der Waals surface area (Å²) in [6.07, 6.45) is 2.32. The second kappa shape index (κ2) is 6.22. The summed E-state index contributed by atoms with van der Waals surface area (Å²) in [4.78, 5) is 16.9. The lowest BCUT2D eigenvalue weighted by atomic mass is 10.2. The van der Waals surface area contributed by atoms with E-state index in [1.165, 1.54) is 11.1 Å². The molecule has 0 atom stereocenters. The lowest BCUT2D eigenvalue weighted by molar-refractivity contribution is -0.128. The first-order chi connectivity index (χ1) is 7.99. The normalized spacial score (nSPS) is 9.88. The van der Waals surface area contributed by atoms with Crippen molar-refractivity contribution in [1.82, 2.24) is 9.88 Å². The molecule has 17 heavy (non-hydrogen) atoms. The summed E-state index contributed by atoms with van der Waals surface area (Å²) < 4.78 is 4.61. The van der Waals surface area contributed by atoms with Crippen molar-refractivity contribution in [2.45, 2.75) is 12.8 Å². The molecular formula is C10H15BN2O4. The highest BCUT2D eigenvalue weighted by Crippen LogP contribution is 2.10. The van der Waals surface area contributed by atoms with Gasteiger partial charge in [-0.3, -0.25) is 9.78 Å². The molecule has 6 nitrogen and oxygen atoms in total. The molecule has 0 aliphatic carbocycles. The van der Waals surface area contributed by atoms with E-state index in [4.69, 9.17) is 10.0 Å². The van der Waals surface area contributed by atoms with Crippen molar-refractivity contribution in [3.05, 3.63) is 24.0 Å². The van der Waals surface area contributed by atoms with E-state index < -0.39 is 7.32 Å². The fourth-order valence-electron chi connectivity index (χ4n) is 1.21. The third kappa shape index (κ3) is 4.84. The number of aromatic nitrogens is 1. The molecular weight excluding hydrogens is 223 g/mol. The first-order valence-electron chi connectivity index (χ1n) is 5.17. The van der Waals surface area contributed by atoms with Crippen molar-refractivity contribution in [3.63, 3.8) is 0 Å². The van der Waals surface area contributed by atoms with Gasteiger partial charge in [0.1, 0.15) is 5.75 Å². The van der Waals surface area contributed by atoms with Crippen LogP contribution in [0, 0.1) is 0 Å². The standard InChI is InChI=1S/C10H15BN2O4/c1-13(2)10(14)6-4-8-3-5-9(7-12-8)17-11(15)16/h3,5,7,15-16H,4,6H2,1-2H3. The Balaban J connectivity index is 2.48. The molecule has 1 rings (SSSR count). The van der Waals surface area contributed by atoms with Gasteiger partial charge in [-0.2, -0.15) is 0 Å². The number of aryl methyl sites for hydroxylation is 1. The molecule has 0 aromatic carbocycles. The lowest BCUT2D eigenvalue weighted by Gasteiger charge is -2.09. The van der Waals surface area contributed by atoms with Gasteiger partial charge in [-0.1, -0.05) is 0 Å². The molecule has 0 aliphatic heterocycles. The molecule has 1 amide bonds. The van der Waals surface area contributed by atoms with Gasteiger partial charge in [0.15, 0.2) is 0 Å². The molecule has 92 valence electrons. The lowest BCUT2D eigenvalue weighted by Crippen LogP contribution is -2.22. The van der Waals surface area contributed by atoms with Crippen LogP contribution in [0.3, 0.4) is 0 Å². The van der Waals surface area contributed by atoms with E-state index in [-0.39, 0.29) is 11.7 Å². The fourth-order valence-corrected chi connectivity index (χ4v) is 1.21. The van der Waals surface area contributed by atoms with Crippen LogP contribution in [-0.4, -0.2) is 47.3 Å². The van der Waals surface area contributed by atoms with Gasteiger partial charge in [0.25, 0.3) is 0 Å². The summed E-state index contributed by atoms with van der Waals surface area (Å²) in [7, 11) is 1.56. The van der Waals surface area contributed by atoms with Gasteiger partial charge in [0, 0.05) is 26.2 Å². The van der Waals surface area contributed by atoms with E-state index in [0.29, 0.717) is 12.8 Å². The largest absolute Gasteiger partial charge is 0.707 e. The maximum absolute atomic E-state index is 11.3. The number of carbonyl (C=O) groups is 1. The number of hydrogen-bond acceptors (Lipinski definition) is 5. The van der Waals surface area contributed by atoms with Crippen LogP contribution in [0.5, 0.6) is 5.75 Å².